The second kappa shape index (κ2) is 11.8. The summed E-state index contributed by atoms with van der Waals surface area (Å²) in [6, 6.07) is 23.9. The molecule has 1 aliphatic rings. The van der Waals surface area contributed by atoms with Crippen molar-refractivity contribution in [3.05, 3.63) is 84.4 Å². The molecule has 7 heteroatoms. The van der Waals surface area contributed by atoms with E-state index in [0.717, 1.165) is 36.8 Å². The van der Waals surface area contributed by atoms with Crippen molar-refractivity contribution in [2.24, 2.45) is 5.92 Å². The van der Waals surface area contributed by atoms with Crippen molar-refractivity contribution >= 4 is 23.4 Å². The number of ether oxygens (including phenoxy) is 1. The second-order valence-electron chi connectivity index (χ2n) is 8.58. The van der Waals surface area contributed by atoms with Crippen LogP contribution in [-0.2, 0) is 9.59 Å². The smallest absolute Gasteiger partial charge is 0.276 e. The summed E-state index contributed by atoms with van der Waals surface area (Å²) in [6.07, 6.45) is 5.23. The first-order valence-electron chi connectivity index (χ1n) is 11.9. The lowest BCUT2D eigenvalue weighted by atomic mass is 9.88. The van der Waals surface area contributed by atoms with Gasteiger partial charge in [0.1, 0.15) is 5.75 Å². The van der Waals surface area contributed by atoms with Gasteiger partial charge < -0.3 is 10.1 Å². The molecule has 7 nitrogen and oxygen atoms in total. The van der Waals surface area contributed by atoms with E-state index < -0.39 is 11.8 Å². The van der Waals surface area contributed by atoms with Gasteiger partial charge >= 0.3 is 0 Å². The Balaban J connectivity index is 1.19. The van der Waals surface area contributed by atoms with E-state index in [-0.39, 0.29) is 18.4 Å². The van der Waals surface area contributed by atoms with Crippen molar-refractivity contribution < 1.29 is 19.1 Å². The maximum Gasteiger partial charge on any atom is 0.276 e. The Labute approximate surface area is 204 Å². The summed E-state index contributed by atoms with van der Waals surface area (Å²) < 4.78 is 5.50. The fourth-order valence-corrected chi connectivity index (χ4v) is 4.07. The molecule has 1 saturated carbocycles. The molecule has 1 fully saturated rings. The predicted molar refractivity (Wildman–Crippen MR) is 135 cm³/mol. The highest BCUT2D eigenvalue weighted by Gasteiger charge is 2.21. The molecule has 0 heterocycles. The molecule has 1 aliphatic carbocycles. The van der Waals surface area contributed by atoms with Crippen molar-refractivity contribution in [1.82, 2.24) is 10.9 Å². The molecule has 3 N–H and O–H groups in total. The Bertz CT molecular complexity index is 1140. The van der Waals surface area contributed by atoms with Crippen LogP contribution in [0.5, 0.6) is 5.75 Å². The van der Waals surface area contributed by atoms with Gasteiger partial charge in [-0.25, -0.2) is 0 Å². The van der Waals surface area contributed by atoms with E-state index in [1.54, 1.807) is 36.4 Å². The van der Waals surface area contributed by atoms with Gasteiger partial charge in [-0.2, -0.15) is 0 Å². The van der Waals surface area contributed by atoms with Gasteiger partial charge in [0.25, 0.3) is 11.8 Å². The molecule has 3 amide bonds. The summed E-state index contributed by atoms with van der Waals surface area (Å²) in [5.74, 6) is -0.301. The molecule has 0 saturated heterocycles. The van der Waals surface area contributed by atoms with Crippen LogP contribution < -0.4 is 20.9 Å². The summed E-state index contributed by atoms with van der Waals surface area (Å²) >= 11 is 0. The molecule has 4 rings (SSSR count). The highest BCUT2D eigenvalue weighted by atomic mass is 16.5. The predicted octanol–water partition coefficient (Wildman–Crippen LogP) is 4.71. The molecule has 0 spiro atoms. The number of rotatable bonds is 7. The van der Waals surface area contributed by atoms with E-state index in [9.17, 15) is 14.4 Å². The second-order valence-corrected chi connectivity index (χ2v) is 8.58. The number of hydrogen-bond acceptors (Lipinski definition) is 4. The summed E-state index contributed by atoms with van der Waals surface area (Å²) in [5, 5.41) is 2.92. The minimum atomic E-state index is -0.484. The molecule has 0 unspecified atom stereocenters. The summed E-state index contributed by atoms with van der Waals surface area (Å²) in [6.45, 7) is -0.239. The quantitative estimate of drug-likeness (QED) is 0.435. The number of nitrogens with one attached hydrogen (secondary N) is 3. The summed E-state index contributed by atoms with van der Waals surface area (Å²) in [7, 11) is 0. The number of amides is 3. The van der Waals surface area contributed by atoms with Crippen LogP contribution in [0.4, 0.5) is 5.69 Å². The zero-order valence-corrected chi connectivity index (χ0v) is 19.5. The lowest BCUT2D eigenvalue weighted by Crippen LogP contribution is -2.43. The van der Waals surface area contributed by atoms with Gasteiger partial charge in [-0.15, -0.1) is 0 Å². The first kappa shape index (κ1) is 24.0. The van der Waals surface area contributed by atoms with E-state index in [1.165, 1.54) is 6.42 Å². The third-order valence-corrected chi connectivity index (χ3v) is 6.04. The van der Waals surface area contributed by atoms with Gasteiger partial charge in [-0.3, -0.25) is 25.2 Å². The zero-order chi connectivity index (χ0) is 24.5. The molecule has 3 aromatic carbocycles. The summed E-state index contributed by atoms with van der Waals surface area (Å²) in [5.41, 5.74) is 7.87. The van der Waals surface area contributed by atoms with Crippen molar-refractivity contribution in [2.45, 2.75) is 32.1 Å². The van der Waals surface area contributed by atoms with Crippen LogP contribution in [0.1, 0.15) is 42.5 Å². The molecular formula is C28H29N3O4. The van der Waals surface area contributed by atoms with E-state index in [4.69, 9.17) is 4.74 Å². The minimum absolute atomic E-state index is 0.0314. The van der Waals surface area contributed by atoms with E-state index in [0.29, 0.717) is 17.0 Å². The molecule has 0 atom stereocenters. The molecule has 180 valence electrons. The first-order valence-corrected chi connectivity index (χ1v) is 11.9. The monoisotopic (exact) mass is 471 g/mol. The molecule has 0 bridgehead atoms. The lowest BCUT2D eigenvalue weighted by molar-refractivity contribution is -0.124. The number of hydrazine groups is 1. The van der Waals surface area contributed by atoms with Gasteiger partial charge in [0.15, 0.2) is 6.61 Å². The van der Waals surface area contributed by atoms with Crippen molar-refractivity contribution in [3.63, 3.8) is 0 Å². The van der Waals surface area contributed by atoms with Gasteiger partial charge in [-0.05, 0) is 60.4 Å². The molecular weight excluding hydrogens is 442 g/mol. The Morgan fingerprint density at radius 2 is 1.40 bits per heavy atom. The van der Waals surface area contributed by atoms with Crippen LogP contribution in [0.25, 0.3) is 11.1 Å². The van der Waals surface area contributed by atoms with Gasteiger partial charge in [0, 0.05) is 17.2 Å². The molecule has 3 aromatic rings. The van der Waals surface area contributed by atoms with E-state index >= 15 is 0 Å². The average Bonchev–Trinajstić information content (AvgIpc) is 2.92. The van der Waals surface area contributed by atoms with Crippen LogP contribution in [-0.4, -0.2) is 24.3 Å². The van der Waals surface area contributed by atoms with Crippen LogP contribution in [0.15, 0.2) is 78.9 Å². The molecule has 0 radical (unpaired) electrons. The van der Waals surface area contributed by atoms with Crippen LogP contribution in [0.3, 0.4) is 0 Å². The molecule has 0 aliphatic heterocycles. The normalized spacial score (nSPS) is 13.5. The van der Waals surface area contributed by atoms with Crippen LogP contribution >= 0.6 is 0 Å². The molecule has 0 aromatic heterocycles. The standard InChI is InChI=1S/C28H29N3O4/c32-26(19-35-25-17-13-21(14-18-25)20-7-3-1-4-8-20)30-31-28(34)23-11-15-24(16-12-23)29-27(33)22-9-5-2-6-10-22/h1,3-4,7-8,11-18,22H,2,5-6,9-10,19H2,(H,29,33)(H,30,32)(H,31,34). The van der Waals surface area contributed by atoms with Gasteiger partial charge in [0.05, 0.1) is 0 Å². The highest BCUT2D eigenvalue weighted by molar-refractivity contribution is 5.97. The Morgan fingerprint density at radius 1 is 0.743 bits per heavy atom. The van der Waals surface area contributed by atoms with Gasteiger partial charge in [0.2, 0.25) is 5.91 Å². The van der Waals surface area contributed by atoms with Gasteiger partial charge in [-0.1, -0.05) is 61.7 Å². The Morgan fingerprint density at radius 3 is 2.09 bits per heavy atom. The Kier molecular flexibility index (Phi) is 8.12. The number of anilines is 1. The maximum atomic E-state index is 12.4. The summed E-state index contributed by atoms with van der Waals surface area (Å²) in [4.78, 5) is 36.8. The van der Waals surface area contributed by atoms with Crippen molar-refractivity contribution in [3.8, 4) is 16.9 Å². The van der Waals surface area contributed by atoms with Crippen molar-refractivity contribution in [1.29, 1.82) is 0 Å². The fourth-order valence-electron chi connectivity index (χ4n) is 4.07. The highest BCUT2D eigenvalue weighted by Crippen LogP contribution is 2.25. The van der Waals surface area contributed by atoms with Crippen LogP contribution in [0, 0.1) is 5.92 Å². The average molecular weight is 472 g/mol. The molecule has 35 heavy (non-hydrogen) atoms. The minimum Gasteiger partial charge on any atom is -0.484 e. The van der Waals surface area contributed by atoms with E-state index in [2.05, 4.69) is 16.2 Å². The number of carbonyl (C=O) groups is 3. The van der Waals surface area contributed by atoms with E-state index in [1.807, 2.05) is 42.5 Å². The number of carbonyl (C=O) groups excluding carboxylic acids is 3. The first-order chi connectivity index (χ1) is 17.1. The fraction of sp³-hybridized carbons (Fsp3) is 0.250. The lowest BCUT2D eigenvalue weighted by Gasteiger charge is -2.20. The number of benzene rings is 3. The SMILES string of the molecule is O=C(COc1ccc(-c2ccccc2)cc1)NNC(=O)c1ccc(NC(=O)C2CCCCC2)cc1. The Hall–Kier alpha value is -4.13. The van der Waals surface area contributed by atoms with Crippen molar-refractivity contribution in [2.75, 3.05) is 11.9 Å². The van der Waals surface area contributed by atoms with Crippen LogP contribution in [0.2, 0.25) is 0 Å². The number of hydrogen-bond donors (Lipinski definition) is 3. The largest absolute Gasteiger partial charge is 0.484 e. The topological polar surface area (TPSA) is 96.5 Å². The zero-order valence-electron chi connectivity index (χ0n) is 19.5. The maximum absolute atomic E-state index is 12.4. The third kappa shape index (κ3) is 6.93. The third-order valence-electron chi connectivity index (χ3n) is 6.04.